The number of benzene rings is 1. The zero-order chi connectivity index (χ0) is 17.4. The predicted octanol–water partition coefficient (Wildman–Crippen LogP) is 3.10. The molecule has 3 aromatic rings. The molecule has 0 amide bonds. The van der Waals surface area contributed by atoms with E-state index in [-0.39, 0.29) is 10.7 Å². The second kappa shape index (κ2) is 6.25. The van der Waals surface area contributed by atoms with Crippen molar-refractivity contribution in [2.45, 2.75) is 13.5 Å². The lowest BCUT2D eigenvalue weighted by Gasteiger charge is -2.22. The molecular formula is C16H16N4O4S. The summed E-state index contributed by atoms with van der Waals surface area (Å²) in [5.41, 5.74) is 0.983. The number of thiazole rings is 1. The van der Waals surface area contributed by atoms with Gasteiger partial charge in [-0.2, -0.15) is 9.38 Å². The maximum Gasteiger partial charge on any atom is 0.373 e. The highest BCUT2D eigenvalue weighted by atomic mass is 32.1. The fraction of sp³-hybridized carbons (Fsp3) is 0.312. The van der Waals surface area contributed by atoms with E-state index in [1.165, 1.54) is 15.7 Å². The predicted molar refractivity (Wildman–Crippen MR) is 93.9 cm³/mol. The van der Waals surface area contributed by atoms with E-state index < -0.39 is 0 Å². The van der Waals surface area contributed by atoms with Crippen LogP contribution in [0.15, 0.2) is 29.8 Å². The quantitative estimate of drug-likeness (QED) is 0.514. The molecule has 0 saturated carbocycles. The lowest BCUT2D eigenvalue weighted by atomic mass is 10.2. The van der Waals surface area contributed by atoms with Crippen LogP contribution in [0.2, 0.25) is 0 Å². The van der Waals surface area contributed by atoms with E-state index in [0.717, 1.165) is 11.3 Å². The third-order valence-electron chi connectivity index (χ3n) is 4.05. The van der Waals surface area contributed by atoms with Crippen molar-refractivity contribution in [3.8, 4) is 11.5 Å². The number of anilines is 1. The zero-order valence-corrected chi connectivity index (χ0v) is 14.4. The van der Waals surface area contributed by atoms with Crippen molar-refractivity contribution in [3.05, 3.63) is 45.5 Å². The smallest absolute Gasteiger partial charge is 0.373 e. The summed E-state index contributed by atoms with van der Waals surface area (Å²) in [4.78, 5) is 18.1. The molecule has 0 fully saturated rings. The van der Waals surface area contributed by atoms with Gasteiger partial charge in [0.15, 0.2) is 11.5 Å². The average Bonchev–Trinajstić information content (AvgIpc) is 3.20. The summed E-state index contributed by atoms with van der Waals surface area (Å²) in [7, 11) is 0. The van der Waals surface area contributed by atoms with Gasteiger partial charge >= 0.3 is 5.82 Å². The van der Waals surface area contributed by atoms with Crippen molar-refractivity contribution in [1.82, 2.24) is 9.38 Å². The van der Waals surface area contributed by atoms with Crippen LogP contribution in [0, 0.1) is 10.1 Å². The molecule has 4 rings (SSSR count). The average molecular weight is 360 g/mol. The first-order valence-electron chi connectivity index (χ1n) is 7.90. The van der Waals surface area contributed by atoms with E-state index >= 15 is 0 Å². The standard InChI is InChI=1S/C16H16N4O4S/c1-2-18(10-11-3-4-12-13(9-11)24-7-6-23-12)14-15(20(21)22)19-5-8-25-16(19)17-14/h3-5,8-9H,2,6-7,10H2,1H3. The van der Waals surface area contributed by atoms with Crippen molar-refractivity contribution in [3.63, 3.8) is 0 Å². The van der Waals surface area contributed by atoms with Gasteiger partial charge in [0, 0.05) is 18.5 Å². The molecule has 0 atom stereocenters. The number of nitrogens with zero attached hydrogens (tertiary/aromatic N) is 4. The first-order chi connectivity index (χ1) is 12.2. The van der Waals surface area contributed by atoms with Gasteiger partial charge in [0.1, 0.15) is 19.4 Å². The van der Waals surface area contributed by atoms with Gasteiger partial charge in [-0.25, -0.2) is 0 Å². The molecule has 130 valence electrons. The molecule has 8 nitrogen and oxygen atoms in total. The molecule has 0 radical (unpaired) electrons. The summed E-state index contributed by atoms with van der Waals surface area (Å²) in [6, 6.07) is 5.74. The highest BCUT2D eigenvalue weighted by Gasteiger charge is 2.27. The van der Waals surface area contributed by atoms with Gasteiger partial charge in [-0.1, -0.05) is 17.4 Å². The molecular weight excluding hydrogens is 344 g/mol. The fourth-order valence-electron chi connectivity index (χ4n) is 2.89. The molecule has 0 saturated heterocycles. The van der Waals surface area contributed by atoms with E-state index in [0.29, 0.717) is 42.8 Å². The number of aromatic nitrogens is 2. The maximum absolute atomic E-state index is 11.5. The lowest BCUT2D eigenvalue weighted by molar-refractivity contribution is -0.389. The van der Waals surface area contributed by atoms with Crippen LogP contribution >= 0.6 is 11.3 Å². The van der Waals surface area contributed by atoms with Crippen molar-refractivity contribution < 1.29 is 14.4 Å². The Morgan fingerprint density at radius 3 is 2.92 bits per heavy atom. The largest absolute Gasteiger partial charge is 0.486 e. The number of ether oxygens (including phenoxy) is 2. The summed E-state index contributed by atoms with van der Waals surface area (Å²) in [5.74, 6) is 1.82. The van der Waals surface area contributed by atoms with Crippen LogP contribution in [0.25, 0.3) is 4.96 Å². The normalized spacial score (nSPS) is 13.2. The number of rotatable bonds is 5. The van der Waals surface area contributed by atoms with Gasteiger partial charge in [0.2, 0.25) is 5.82 Å². The van der Waals surface area contributed by atoms with E-state index in [4.69, 9.17) is 9.47 Å². The van der Waals surface area contributed by atoms with Crippen molar-refractivity contribution >= 4 is 27.9 Å². The molecule has 0 bridgehead atoms. The van der Waals surface area contributed by atoms with E-state index in [1.807, 2.05) is 30.0 Å². The van der Waals surface area contributed by atoms with Gasteiger partial charge < -0.3 is 24.5 Å². The van der Waals surface area contributed by atoms with Gasteiger partial charge in [-0.3, -0.25) is 0 Å². The summed E-state index contributed by atoms with van der Waals surface area (Å²) in [5, 5.41) is 13.3. The van der Waals surface area contributed by atoms with Crippen molar-refractivity contribution in [2.75, 3.05) is 24.7 Å². The third-order valence-corrected chi connectivity index (χ3v) is 4.81. The summed E-state index contributed by atoms with van der Waals surface area (Å²) < 4.78 is 12.7. The Hall–Kier alpha value is -2.81. The molecule has 2 aromatic heterocycles. The molecule has 1 aliphatic heterocycles. The minimum absolute atomic E-state index is 0.00403. The first kappa shape index (κ1) is 15.7. The Labute approximate surface area is 147 Å². The van der Waals surface area contributed by atoms with Gasteiger partial charge in [0.05, 0.1) is 0 Å². The minimum atomic E-state index is -0.380. The molecule has 9 heteroatoms. The van der Waals surface area contributed by atoms with Crippen molar-refractivity contribution in [2.24, 2.45) is 0 Å². The Kier molecular flexibility index (Phi) is 3.92. The van der Waals surface area contributed by atoms with Crippen LogP contribution in [-0.2, 0) is 6.54 Å². The van der Waals surface area contributed by atoms with Gasteiger partial charge in [-0.15, -0.1) is 0 Å². The number of imidazole rings is 1. The monoisotopic (exact) mass is 360 g/mol. The minimum Gasteiger partial charge on any atom is -0.486 e. The molecule has 1 aliphatic rings. The van der Waals surface area contributed by atoms with E-state index in [2.05, 4.69) is 4.98 Å². The number of hydrogen-bond donors (Lipinski definition) is 0. The van der Waals surface area contributed by atoms with Crippen LogP contribution in [-0.4, -0.2) is 34.1 Å². The molecule has 3 heterocycles. The van der Waals surface area contributed by atoms with E-state index in [9.17, 15) is 10.1 Å². The highest BCUT2D eigenvalue weighted by Crippen LogP contribution is 2.34. The number of nitro groups is 1. The van der Waals surface area contributed by atoms with Gasteiger partial charge in [-0.05, 0) is 29.5 Å². The Balaban J connectivity index is 1.68. The fourth-order valence-corrected chi connectivity index (χ4v) is 3.59. The molecule has 1 aromatic carbocycles. The second-order valence-corrected chi connectivity index (χ2v) is 6.44. The van der Waals surface area contributed by atoms with Gasteiger partial charge in [0.25, 0.3) is 4.96 Å². The Morgan fingerprint density at radius 1 is 1.36 bits per heavy atom. The molecule has 0 spiro atoms. The van der Waals surface area contributed by atoms with Crippen LogP contribution in [0.4, 0.5) is 11.6 Å². The van der Waals surface area contributed by atoms with Crippen molar-refractivity contribution in [1.29, 1.82) is 0 Å². The Bertz CT molecular complexity index is 936. The van der Waals surface area contributed by atoms with Crippen LogP contribution < -0.4 is 14.4 Å². The van der Waals surface area contributed by atoms with Crippen LogP contribution in [0.1, 0.15) is 12.5 Å². The molecule has 0 unspecified atom stereocenters. The third kappa shape index (κ3) is 2.76. The lowest BCUT2D eigenvalue weighted by Crippen LogP contribution is -2.23. The molecule has 25 heavy (non-hydrogen) atoms. The first-order valence-corrected chi connectivity index (χ1v) is 8.78. The van der Waals surface area contributed by atoms with E-state index in [1.54, 1.807) is 11.6 Å². The highest BCUT2D eigenvalue weighted by molar-refractivity contribution is 7.15. The summed E-state index contributed by atoms with van der Waals surface area (Å²) in [6.07, 6.45) is 1.67. The Morgan fingerprint density at radius 2 is 2.16 bits per heavy atom. The van der Waals surface area contributed by atoms with Crippen LogP contribution in [0.5, 0.6) is 11.5 Å². The zero-order valence-electron chi connectivity index (χ0n) is 13.5. The maximum atomic E-state index is 11.5. The topological polar surface area (TPSA) is 82.1 Å². The second-order valence-electron chi connectivity index (χ2n) is 5.56. The summed E-state index contributed by atoms with van der Waals surface area (Å²) in [6.45, 7) is 4.12. The van der Waals surface area contributed by atoms with Crippen LogP contribution in [0.3, 0.4) is 0 Å². The number of fused-ring (bicyclic) bond motifs is 2. The summed E-state index contributed by atoms with van der Waals surface area (Å²) >= 11 is 1.38. The molecule has 0 N–H and O–H groups in total. The SMILES string of the molecule is CCN(Cc1ccc2c(c1)OCCO2)c1nc2sccn2c1[N+](=O)[O-]. The number of hydrogen-bond acceptors (Lipinski definition) is 7. The molecule has 0 aliphatic carbocycles.